The van der Waals surface area contributed by atoms with Crippen molar-refractivity contribution in [2.45, 2.75) is 6.54 Å². The molecule has 1 aromatic carbocycles. The number of rotatable bonds is 7. The third-order valence-electron chi connectivity index (χ3n) is 3.53. The number of hydrogen-bond acceptors (Lipinski definition) is 6. The second kappa shape index (κ2) is 7.65. The Hall–Kier alpha value is -2.80. The number of fused-ring (bicyclic) bond motifs is 1. The molecule has 2 heterocycles. The van der Waals surface area contributed by atoms with Gasteiger partial charge in [-0.2, -0.15) is 0 Å². The summed E-state index contributed by atoms with van der Waals surface area (Å²) < 4.78 is 15.6. The second-order valence-electron chi connectivity index (χ2n) is 5.25. The van der Waals surface area contributed by atoms with E-state index in [1.807, 2.05) is 18.2 Å². The van der Waals surface area contributed by atoms with Gasteiger partial charge in [-0.3, -0.25) is 9.78 Å². The smallest absolute Gasteiger partial charge is 0.253 e. The summed E-state index contributed by atoms with van der Waals surface area (Å²) in [7, 11) is 1.59. The van der Waals surface area contributed by atoms with Gasteiger partial charge in [0.15, 0.2) is 11.5 Å². The average molecular weight is 329 g/mol. The monoisotopic (exact) mass is 329 g/mol. The molecule has 7 heteroatoms. The fourth-order valence-electron chi connectivity index (χ4n) is 2.28. The molecule has 0 saturated heterocycles. The number of anilines is 1. The van der Waals surface area contributed by atoms with Gasteiger partial charge in [-0.25, -0.2) is 0 Å². The van der Waals surface area contributed by atoms with Gasteiger partial charge in [0.1, 0.15) is 0 Å². The number of carbonyl (C=O) groups is 1. The van der Waals surface area contributed by atoms with E-state index in [1.54, 1.807) is 19.4 Å². The fraction of sp³-hybridized carbons (Fsp3) is 0.294. The average Bonchev–Trinajstić information content (AvgIpc) is 3.08. The number of benzene rings is 1. The molecule has 126 valence electrons. The van der Waals surface area contributed by atoms with Crippen LogP contribution in [0.25, 0.3) is 0 Å². The number of nitrogens with one attached hydrogen (secondary N) is 2. The predicted octanol–water partition coefficient (Wildman–Crippen LogP) is 1.80. The molecule has 0 saturated carbocycles. The van der Waals surface area contributed by atoms with Crippen LogP contribution in [0.3, 0.4) is 0 Å². The van der Waals surface area contributed by atoms with Crippen molar-refractivity contribution in [2.75, 3.05) is 32.4 Å². The van der Waals surface area contributed by atoms with Crippen LogP contribution in [-0.4, -0.2) is 37.9 Å². The largest absolute Gasteiger partial charge is 0.454 e. The molecule has 3 rings (SSSR count). The quantitative estimate of drug-likeness (QED) is 0.754. The Morgan fingerprint density at radius 3 is 3.00 bits per heavy atom. The van der Waals surface area contributed by atoms with Crippen molar-refractivity contribution < 1.29 is 19.0 Å². The van der Waals surface area contributed by atoms with Crippen molar-refractivity contribution in [2.24, 2.45) is 0 Å². The summed E-state index contributed by atoms with van der Waals surface area (Å²) in [6, 6.07) is 7.55. The number of amides is 1. The summed E-state index contributed by atoms with van der Waals surface area (Å²) in [5.41, 5.74) is 2.32. The molecule has 2 N–H and O–H groups in total. The Morgan fingerprint density at radius 2 is 2.12 bits per heavy atom. The highest BCUT2D eigenvalue weighted by Crippen LogP contribution is 2.32. The molecular weight excluding hydrogens is 310 g/mol. The number of hydrogen-bond donors (Lipinski definition) is 2. The van der Waals surface area contributed by atoms with Gasteiger partial charge in [0, 0.05) is 32.6 Å². The van der Waals surface area contributed by atoms with E-state index in [1.165, 1.54) is 6.20 Å². The Labute approximate surface area is 139 Å². The summed E-state index contributed by atoms with van der Waals surface area (Å²) in [6.07, 6.45) is 3.22. The highest BCUT2D eigenvalue weighted by atomic mass is 16.7. The highest BCUT2D eigenvalue weighted by Gasteiger charge is 2.13. The molecule has 1 aromatic heterocycles. The predicted molar refractivity (Wildman–Crippen MR) is 88.3 cm³/mol. The normalized spacial score (nSPS) is 12.0. The zero-order valence-corrected chi connectivity index (χ0v) is 13.4. The van der Waals surface area contributed by atoms with E-state index in [2.05, 4.69) is 15.6 Å². The molecule has 1 amide bonds. The van der Waals surface area contributed by atoms with E-state index in [0.29, 0.717) is 25.3 Å². The minimum absolute atomic E-state index is 0.175. The maximum Gasteiger partial charge on any atom is 0.253 e. The van der Waals surface area contributed by atoms with Crippen LogP contribution in [0.1, 0.15) is 15.9 Å². The minimum atomic E-state index is -0.175. The fourth-order valence-corrected chi connectivity index (χ4v) is 2.28. The van der Waals surface area contributed by atoms with Crippen LogP contribution in [-0.2, 0) is 11.3 Å². The molecule has 0 bridgehead atoms. The van der Waals surface area contributed by atoms with Crippen molar-refractivity contribution in [3.8, 4) is 11.5 Å². The van der Waals surface area contributed by atoms with Gasteiger partial charge in [0.2, 0.25) is 6.79 Å². The first kappa shape index (κ1) is 16.1. The molecule has 0 atom stereocenters. The maximum atomic E-state index is 12.0. The molecule has 1 aliphatic rings. The first-order chi connectivity index (χ1) is 11.8. The van der Waals surface area contributed by atoms with Crippen molar-refractivity contribution in [1.29, 1.82) is 0 Å². The number of nitrogens with zero attached hydrogens (tertiary/aromatic N) is 1. The van der Waals surface area contributed by atoms with Crippen LogP contribution in [0.5, 0.6) is 11.5 Å². The number of pyridine rings is 1. The highest BCUT2D eigenvalue weighted by molar-refractivity contribution is 5.94. The van der Waals surface area contributed by atoms with Crippen molar-refractivity contribution in [3.05, 3.63) is 47.8 Å². The van der Waals surface area contributed by atoms with Gasteiger partial charge in [0.25, 0.3) is 5.91 Å². The van der Waals surface area contributed by atoms with Crippen LogP contribution in [0.2, 0.25) is 0 Å². The zero-order valence-electron chi connectivity index (χ0n) is 13.4. The van der Waals surface area contributed by atoms with E-state index >= 15 is 0 Å². The first-order valence-electron chi connectivity index (χ1n) is 7.61. The van der Waals surface area contributed by atoms with E-state index in [9.17, 15) is 4.79 Å². The van der Waals surface area contributed by atoms with Crippen molar-refractivity contribution in [3.63, 3.8) is 0 Å². The van der Waals surface area contributed by atoms with Gasteiger partial charge < -0.3 is 24.8 Å². The van der Waals surface area contributed by atoms with E-state index in [-0.39, 0.29) is 12.7 Å². The lowest BCUT2D eigenvalue weighted by atomic mass is 10.2. The summed E-state index contributed by atoms with van der Waals surface area (Å²) in [6.45, 7) is 1.79. The molecule has 0 spiro atoms. The van der Waals surface area contributed by atoms with Crippen LogP contribution in [0.4, 0.5) is 5.69 Å². The van der Waals surface area contributed by atoms with Crippen LogP contribution in [0, 0.1) is 0 Å². The molecule has 2 aromatic rings. The molecule has 24 heavy (non-hydrogen) atoms. The van der Waals surface area contributed by atoms with Crippen molar-refractivity contribution in [1.82, 2.24) is 10.3 Å². The molecule has 0 radical (unpaired) electrons. The molecule has 7 nitrogen and oxygen atoms in total. The van der Waals surface area contributed by atoms with E-state index < -0.39 is 0 Å². The Bertz CT molecular complexity index is 721. The molecule has 0 unspecified atom stereocenters. The lowest BCUT2D eigenvalue weighted by molar-refractivity contribution is 0.0937. The van der Waals surface area contributed by atoms with Gasteiger partial charge >= 0.3 is 0 Å². The number of methoxy groups -OCH3 is 1. The van der Waals surface area contributed by atoms with Gasteiger partial charge in [-0.15, -0.1) is 0 Å². The summed E-state index contributed by atoms with van der Waals surface area (Å²) in [4.78, 5) is 16.1. The van der Waals surface area contributed by atoms with E-state index in [4.69, 9.17) is 14.2 Å². The lowest BCUT2D eigenvalue weighted by Gasteiger charge is -2.09. The van der Waals surface area contributed by atoms with Crippen LogP contribution < -0.4 is 20.1 Å². The zero-order chi connectivity index (χ0) is 16.8. The summed E-state index contributed by atoms with van der Waals surface area (Å²) in [5, 5.41) is 6.02. The SMILES string of the molecule is COCCNC(=O)c1cncc(NCc2ccc3c(c2)OCO3)c1. The molecular formula is C17H19N3O4. The lowest BCUT2D eigenvalue weighted by Crippen LogP contribution is -2.27. The third-order valence-corrected chi connectivity index (χ3v) is 3.53. The topological polar surface area (TPSA) is 81.7 Å². The number of carbonyl (C=O) groups excluding carboxylic acids is 1. The van der Waals surface area contributed by atoms with Crippen molar-refractivity contribution >= 4 is 11.6 Å². The molecule has 0 fully saturated rings. The third kappa shape index (κ3) is 3.94. The Balaban J connectivity index is 1.59. The standard InChI is InChI=1S/C17H19N3O4/c1-22-5-4-19-17(21)13-7-14(10-18-9-13)20-8-12-2-3-15-16(6-12)24-11-23-15/h2-3,6-7,9-10,20H,4-5,8,11H2,1H3,(H,19,21). The van der Waals surface area contributed by atoms with E-state index in [0.717, 1.165) is 22.7 Å². The number of aromatic nitrogens is 1. The first-order valence-corrected chi connectivity index (χ1v) is 7.61. The van der Waals surface area contributed by atoms with Crippen LogP contribution in [0.15, 0.2) is 36.7 Å². The second-order valence-corrected chi connectivity index (χ2v) is 5.25. The minimum Gasteiger partial charge on any atom is -0.454 e. The van der Waals surface area contributed by atoms with Gasteiger partial charge in [0.05, 0.1) is 17.9 Å². The molecule has 0 aliphatic carbocycles. The van der Waals surface area contributed by atoms with Gasteiger partial charge in [-0.1, -0.05) is 6.07 Å². The van der Waals surface area contributed by atoms with Gasteiger partial charge in [-0.05, 0) is 23.8 Å². The Kier molecular flexibility index (Phi) is 5.12. The molecule has 1 aliphatic heterocycles. The maximum absolute atomic E-state index is 12.0. The summed E-state index contributed by atoms with van der Waals surface area (Å²) in [5.74, 6) is 1.33. The number of ether oxygens (including phenoxy) is 3. The Morgan fingerprint density at radius 1 is 1.25 bits per heavy atom. The van der Waals surface area contributed by atoms with Crippen LogP contribution >= 0.6 is 0 Å². The summed E-state index contributed by atoms with van der Waals surface area (Å²) >= 11 is 0.